The van der Waals surface area contributed by atoms with Crippen LogP contribution in [0.25, 0.3) is 0 Å². The van der Waals surface area contributed by atoms with Gasteiger partial charge in [0.25, 0.3) is 0 Å². The van der Waals surface area contributed by atoms with Crippen LogP contribution in [0, 0.1) is 76.9 Å². The number of carbonyl (C=O) groups excluding carboxylic acids is 5. The standard InChI is InChI=1S/C53H68N2O12S2/c1-4-44(56)62-26-6-8-28-64-49(58)38-18-10-34(11-19-38)36-14-22-40(23-15-36)51(60)66-43-30-33(3)46(48-47(43)68-53(69-48)42(31-54)32-55)67-52(61)41-24-16-37(17-25-41)35-12-20-39(21-13-35)50(59)65-29-9-7-27-63-45(57)5-2/h4-5,30,34-41,44,56H,1-2,6-29H2,3H3. The number of nitrogens with zero attached hydrogens (tertiary/aromatic N) is 2. The van der Waals surface area contributed by atoms with Crippen molar-refractivity contribution < 1.29 is 57.5 Å². The molecule has 0 bridgehead atoms. The number of rotatable bonds is 21. The lowest BCUT2D eigenvalue weighted by Crippen LogP contribution is -2.32. The third kappa shape index (κ3) is 15.2. The number of unbranched alkanes of at least 4 members (excludes halogenated alkanes) is 2. The average molecular weight is 989 g/mol. The highest BCUT2D eigenvalue weighted by Crippen LogP contribution is 2.60. The van der Waals surface area contributed by atoms with Crippen LogP contribution in [0.1, 0.15) is 134 Å². The minimum absolute atomic E-state index is 0.0640. The van der Waals surface area contributed by atoms with Gasteiger partial charge in [0.15, 0.2) is 6.29 Å². The van der Waals surface area contributed by atoms with E-state index in [4.69, 9.17) is 28.4 Å². The average Bonchev–Trinajstić information content (AvgIpc) is 3.82. The van der Waals surface area contributed by atoms with Gasteiger partial charge >= 0.3 is 29.8 Å². The van der Waals surface area contributed by atoms with Gasteiger partial charge in [-0.15, -0.1) is 0 Å². The smallest absolute Gasteiger partial charge is 0.330 e. The zero-order chi connectivity index (χ0) is 49.3. The fourth-order valence-electron chi connectivity index (χ4n) is 10.7. The molecule has 4 fully saturated rings. The number of aryl methyl sites for hydroxylation is 1. The molecular weight excluding hydrogens is 921 g/mol. The molecule has 374 valence electrons. The number of fused-ring (bicyclic) bond motifs is 1. The maximum absolute atomic E-state index is 13.8. The minimum Gasteiger partial charge on any atom is -0.465 e. The van der Waals surface area contributed by atoms with Crippen LogP contribution >= 0.6 is 23.5 Å². The molecule has 4 aliphatic carbocycles. The first kappa shape index (κ1) is 53.7. The molecule has 1 aliphatic heterocycles. The molecule has 0 saturated heterocycles. The van der Waals surface area contributed by atoms with Gasteiger partial charge in [-0.1, -0.05) is 36.7 Å². The molecular formula is C53H68N2O12S2. The Balaban J connectivity index is 0.952. The van der Waals surface area contributed by atoms with Gasteiger partial charge in [-0.3, -0.25) is 19.2 Å². The number of benzene rings is 1. The maximum Gasteiger partial charge on any atom is 0.330 e. The van der Waals surface area contributed by atoms with E-state index in [9.17, 15) is 39.6 Å². The maximum atomic E-state index is 13.8. The molecule has 6 rings (SSSR count). The number of allylic oxidation sites excluding steroid dienone is 1. The van der Waals surface area contributed by atoms with Crippen LogP contribution in [0.15, 0.2) is 51.0 Å². The summed E-state index contributed by atoms with van der Waals surface area (Å²) in [6.45, 7) is 9.93. The summed E-state index contributed by atoms with van der Waals surface area (Å²) < 4.78 is 34.0. The fourth-order valence-corrected chi connectivity index (χ4v) is 13.3. The van der Waals surface area contributed by atoms with Crippen LogP contribution in [0.3, 0.4) is 0 Å². The highest BCUT2D eigenvalue weighted by Gasteiger charge is 2.39. The number of carbonyl (C=O) groups is 5. The number of esters is 5. The highest BCUT2D eigenvalue weighted by atomic mass is 32.2. The number of aliphatic hydroxyl groups excluding tert-OH is 1. The van der Waals surface area contributed by atoms with Gasteiger partial charge in [0, 0.05) is 6.08 Å². The SMILES string of the molecule is C=CC(=O)OCCCCOC(=O)C1CCC(C2CCC(C(=O)Oc3c(C)cc(OC(=O)C4CCC(C5CCC(C(=O)OCCCCOC(O)C=C)CC5)CC4)c4c3SC(=C(C#N)C#N)S4)CC2)CC1. The van der Waals surface area contributed by atoms with E-state index in [-0.39, 0.29) is 59.7 Å². The van der Waals surface area contributed by atoms with Gasteiger partial charge in [-0.25, -0.2) is 4.79 Å². The predicted molar refractivity (Wildman–Crippen MR) is 258 cm³/mol. The predicted octanol–water partition coefficient (Wildman–Crippen LogP) is 10.4. The van der Waals surface area contributed by atoms with Crippen LogP contribution < -0.4 is 9.47 Å². The van der Waals surface area contributed by atoms with E-state index in [0.717, 1.165) is 83.1 Å². The lowest BCUT2D eigenvalue weighted by molar-refractivity contribution is -0.151. The van der Waals surface area contributed by atoms with E-state index in [2.05, 4.69) is 13.2 Å². The third-order valence-corrected chi connectivity index (χ3v) is 17.4. The Labute approximate surface area is 415 Å². The largest absolute Gasteiger partial charge is 0.465 e. The van der Waals surface area contributed by atoms with Crippen LogP contribution in [-0.2, 0) is 42.9 Å². The Morgan fingerprint density at radius 1 is 0.623 bits per heavy atom. The summed E-state index contributed by atoms with van der Waals surface area (Å²) in [5.74, 6) is 0.486. The summed E-state index contributed by atoms with van der Waals surface area (Å²) >= 11 is 2.37. The molecule has 1 atom stereocenters. The summed E-state index contributed by atoms with van der Waals surface area (Å²) in [6, 6.07) is 5.66. The van der Waals surface area contributed by atoms with Crippen LogP contribution in [0.2, 0.25) is 0 Å². The molecule has 1 unspecified atom stereocenters. The van der Waals surface area contributed by atoms with Crippen LogP contribution in [-0.4, -0.2) is 67.7 Å². The lowest BCUT2D eigenvalue weighted by atomic mass is 9.69. The van der Waals surface area contributed by atoms with Crippen molar-refractivity contribution in [3.63, 3.8) is 0 Å². The molecule has 0 amide bonds. The summed E-state index contributed by atoms with van der Waals surface area (Å²) in [6.07, 6.45) is 17.4. The number of hydrogen-bond donors (Lipinski definition) is 1. The Morgan fingerprint density at radius 3 is 1.46 bits per heavy atom. The van der Waals surface area contributed by atoms with Crippen molar-refractivity contribution in [2.24, 2.45) is 47.3 Å². The van der Waals surface area contributed by atoms with Gasteiger partial charge in [0.1, 0.15) is 29.2 Å². The van der Waals surface area contributed by atoms with Gasteiger partial charge < -0.3 is 33.5 Å². The van der Waals surface area contributed by atoms with Crippen molar-refractivity contribution in [3.8, 4) is 23.6 Å². The van der Waals surface area contributed by atoms with Crippen molar-refractivity contribution in [1.29, 1.82) is 10.5 Å². The van der Waals surface area contributed by atoms with E-state index in [1.165, 1.54) is 29.6 Å². The van der Waals surface area contributed by atoms with Gasteiger partial charge in [0.05, 0.1) is 64.1 Å². The lowest BCUT2D eigenvalue weighted by Gasteiger charge is -2.37. The van der Waals surface area contributed by atoms with Crippen molar-refractivity contribution in [3.05, 3.63) is 46.8 Å². The van der Waals surface area contributed by atoms with Gasteiger partial charge in [-0.05, 0) is 177 Å². The molecule has 5 aliphatic rings. The first-order chi connectivity index (χ1) is 33.4. The minimum atomic E-state index is -0.980. The van der Waals surface area contributed by atoms with E-state index in [1.807, 2.05) is 19.1 Å². The molecule has 14 nitrogen and oxygen atoms in total. The quantitative estimate of drug-likeness (QED) is 0.0178. The molecule has 69 heavy (non-hydrogen) atoms. The zero-order valence-corrected chi connectivity index (χ0v) is 41.6. The van der Waals surface area contributed by atoms with Gasteiger partial charge in [0.2, 0.25) is 0 Å². The first-order valence-corrected chi connectivity index (χ1v) is 26.6. The molecule has 0 spiro atoms. The monoisotopic (exact) mass is 988 g/mol. The Bertz CT molecular complexity index is 2100. The van der Waals surface area contributed by atoms with Crippen molar-refractivity contribution in [2.75, 3.05) is 26.4 Å². The summed E-state index contributed by atoms with van der Waals surface area (Å²) in [5, 5.41) is 28.9. The molecule has 1 heterocycles. The zero-order valence-electron chi connectivity index (χ0n) is 40.0. The second kappa shape index (κ2) is 27.1. The van der Waals surface area contributed by atoms with E-state index >= 15 is 0 Å². The topological polar surface area (TPSA) is 209 Å². The Hall–Kier alpha value is -4.61. The van der Waals surface area contributed by atoms with Crippen LogP contribution in [0.4, 0.5) is 0 Å². The Morgan fingerprint density at radius 2 is 1.03 bits per heavy atom. The summed E-state index contributed by atoms with van der Waals surface area (Å²) in [7, 11) is 0. The molecule has 1 aromatic rings. The van der Waals surface area contributed by atoms with Gasteiger partial charge in [-0.2, -0.15) is 10.5 Å². The second-order valence-electron chi connectivity index (χ2n) is 19.2. The normalized spacial score (nSPS) is 25.9. The number of thioether (sulfide) groups is 2. The van der Waals surface area contributed by atoms with Crippen LogP contribution in [0.5, 0.6) is 11.5 Å². The fraction of sp³-hybridized carbons (Fsp3) is 0.642. The highest BCUT2D eigenvalue weighted by molar-refractivity contribution is 8.24. The molecule has 1 aromatic carbocycles. The number of ether oxygens (including phenoxy) is 6. The van der Waals surface area contributed by atoms with E-state index < -0.39 is 12.3 Å². The number of nitriles is 2. The van der Waals surface area contributed by atoms with Crippen molar-refractivity contribution in [2.45, 2.75) is 151 Å². The molecule has 0 aromatic heterocycles. The molecule has 1 N–H and O–H groups in total. The second-order valence-corrected chi connectivity index (χ2v) is 21.5. The van der Waals surface area contributed by atoms with E-state index in [1.54, 1.807) is 6.07 Å². The molecule has 16 heteroatoms. The Kier molecular flexibility index (Phi) is 21.1. The molecule has 4 saturated carbocycles. The third-order valence-electron chi connectivity index (χ3n) is 14.8. The number of aliphatic hydroxyl groups is 1. The van der Waals surface area contributed by atoms with Crippen molar-refractivity contribution >= 4 is 53.4 Å². The summed E-state index contributed by atoms with van der Waals surface area (Å²) in [4.78, 5) is 65.4. The first-order valence-electron chi connectivity index (χ1n) is 25.0. The molecule has 0 radical (unpaired) electrons. The van der Waals surface area contributed by atoms with E-state index in [0.29, 0.717) is 126 Å². The van der Waals surface area contributed by atoms with Crippen molar-refractivity contribution in [1.82, 2.24) is 0 Å². The number of hydrogen-bond acceptors (Lipinski definition) is 16. The summed E-state index contributed by atoms with van der Waals surface area (Å²) in [5.41, 5.74) is 0.552.